The zero-order valence-corrected chi connectivity index (χ0v) is 55.1. The van der Waals surface area contributed by atoms with Crippen molar-refractivity contribution in [2.75, 3.05) is 13.2 Å². The second kappa shape index (κ2) is 62.0. The molecule has 1 amide bonds. The Balaban J connectivity index is 2.63. The predicted molar refractivity (Wildman–Crippen MR) is 365 cm³/mol. The summed E-state index contributed by atoms with van der Waals surface area (Å²) in [5.74, 6) is -1.29. The van der Waals surface area contributed by atoms with Gasteiger partial charge in [-0.15, -0.1) is 0 Å². The van der Waals surface area contributed by atoms with Crippen LogP contribution in [0.15, 0.2) is 134 Å². The molecule has 0 bridgehead atoms. The van der Waals surface area contributed by atoms with Gasteiger partial charge in [-0.3, -0.25) is 9.59 Å². The topological polar surface area (TPSA) is 175 Å². The molecule has 0 aromatic heterocycles. The molecule has 0 aliphatic carbocycles. The second-order valence-electron chi connectivity index (χ2n) is 23.5. The number of esters is 1. The molecule has 1 saturated heterocycles. The Hall–Kier alpha value is -4.20. The van der Waals surface area contributed by atoms with Crippen LogP contribution in [0.1, 0.15) is 271 Å². The summed E-state index contributed by atoms with van der Waals surface area (Å²) in [6, 6.07) is -1.07. The summed E-state index contributed by atoms with van der Waals surface area (Å²) in [7, 11) is 0. The largest absolute Gasteiger partial charge is 0.454 e. The zero-order valence-electron chi connectivity index (χ0n) is 55.1. The van der Waals surface area contributed by atoms with Crippen LogP contribution in [0, 0.1) is 0 Å². The number of ether oxygens (including phenoxy) is 3. The lowest BCUT2D eigenvalue weighted by Crippen LogP contribution is -2.61. The minimum Gasteiger partial charge on any atom is -0.454 e. The molecule has 11 nitrogen and oxygen atoms in total. The number of allylic oxidation sites excluding steroid dienone is 20. The normalized spacial score (nSPS) is 19.1. The van der Waals surface area contributed by atoms with Gasteiger partial charge >= 0.3 is 5.97 Å². The number of amides is 1. The maximum absolute atomic E-state index is 13.4. The fourth-order valence-corrected chi connectivity index (χ4v) is 10.1. The van der Waals surface area contributed by atoms with E-state index in [2.05, 4.69) is 129 Å². The third kappa shape index (κ3) is 49.3. The van der Waals surface area contributed by atoms with E-state index in [1.807, 2.05) is 18.2 Å². The second-order valence-corrected chi connectivity index (χ2v) is 23.5. The highest BCUT2D eigenvalue weighted by Crippen LogP contribution is 2.26. The molecule has 1 aliphatic heterocycles. The van der Waals surface area contributed by atoms with E-state index in [4.69, 9.17) is 14.2 Å². The number of unbranched alkanes of at least 4 members (excludes halogenated alkanes) is 25. The molecule has 11 heteroatoms. The molecule has 496 valence electrons. The Kier molecular flexibility index (Phi) is 57.6. The molecule has 1 rings (SSSR count). The van der Waals surface area contributed by atoms with Gasteiger partial charge < -0.3 is 45.1 Å². The first-order valence-corrected chi connectivity index (χ1v) is 35.0. The first kappa shape index (κ1) is 80.8. The Labute approximate surface area is 531 Å². The summed E-state index contributed by atoms with van der Waals surface area (Å²) in [4.78, 5) is 26.6. The van der Waals surface area contributed by atoms with Crippen LogP contribution in [0.2, 0.25) is 0 Å². The lowest BCUT2D eigenvalue weighted by molar-refractivity contribution is -0.305. The minimum absolute atomic E-state index is 0.0515. The molecule has 0 aromatic carbocycles. The fraction of sp³-hybridized carbons (Fsp3) is 0.684. The highest BCUT2D eigenvalue weighted by atomic mass is 16.7. The van der Waals surface area contributed by atoms with Gasteiger partial charge in [-0.25, -0.2) is 0 Å². The average molecular weight is 1210 g/mol. The minimum atomic E-state index is -1.64. The fourth-order valence-electron chi connectivity index (χ4n) is 10.1. The molecule has 8 atom stereocenters. The van der Waals surface area contributed by atoms with Gasteiger partial charge in [0, 0.05) is 12.8 Å². The van der Waals surface area contributed by atoms with E-state index >= 15 is 0 Å². The third-order valence-electron chi connectivity index (χ3n) is 15.5. The number of hydrogen-bond donors (Lipinski definition) is 6. The quantitative estimate of drug-likeness (QED) is 0.0195. The number of aliphatic hydroxyl groups is 5. The molecule has 6 N–H and O–H groups in total. The van der Waals surface area contributed by atoms with Crippen LogP contribution in [-0.4, -0.2) is 99.6 Å². The Morgan fingerprint density at radius 1 is 0.460 bits per heavy atom. The average Bonchev–Trinajstić information content (AvgIpc) is 2.75. The SMILES string of the molecule is CC/C=C\C/C=C\C/C=C\C/C=C\C/C=C\C/C=C\CC(O)C(=O)NC(COC1OC(CO)C(O)C(O)C1OC(=O)CCCCCCCCCCCCC/C=C\C/C=C\C/C=C\C/C=C\CCCCC)C(O)/C=C/CCCCCCCCCCCCC. The van der Waals surface area contributed by atoms with Crippen molar-refractivity contribution >= 4 is 11.9 Å². The molecule has 1 heterocycles. The van der Waals surface area contributed by atoms with Crippen molar-refractivity contribution in [1.82, 2.24) is 5.32 Å². The Morgan fingerprint density at radius 2 is 0.828 bits per heavy atom. The van der Waals surface area contributed by atoms with Crippen molar-refractivity contribution in [3.8, 4) is 0 Å². The maximum atomic E-state index is 13.4. The van der Waals surface area contributed by atoms with Gasteiger partial charge in [-0.2, -0.15) is 0 Å². The van der Waals surface area contributed by atoms with Crippen molar-refractivity contribution in [3.05, 3.63) is 134 Å². The van der Waals surface area contributed by atoms with Crippen molar-refractivity contribution in [2.45, 2.75) is 320 Å². The van der Waals surface area contributed by atoms with Gasteiger partial charge in [-0.1, -0.05) is 289 Å². The van der Waals surface area contributed by atoms with Gasteiger partial charge in [0.15, 0.2) is 12.4 Å². The van der Waals surface area contributed by atoms with Crippen LogP contribution < -0.4 is 5.32 Å². The van der Waals surface area contributed by atoms with Crippen molar-refractivity contribution < 1.29 is 49.3 Å². The lowest BCUT2D eigenvalue weighted by Gasteiger charge is -2.41. The van der Waals surface area contributed by atoms with Gasteiger partial charge in [0.25, 0.3) is 0 Å². The number of aliphatic hydroxyl groups excluding tert-OH is 5. The van der Waals surface area contributed by atoms with Crippen LogP contribution in [0.4, 0.5) is 0 Å². The molecule has 87 heavy (non-hydrogen) atoms. The number of carbonyl (C=O) groups excluding carboxylic acids is 2. The molecule has 0 aromatic rings. The summed E-state index contributed by atoms with van der Waals surface area (Å²) in [5.41, 5.74) is 0. The van der Waals surface area contributed by atoms with E-state index in [-0.39, 0.29) is 19.4 Å². The molecule has 1 fully saturated rings. The third-order valence-corrected chi connectivity index (χ3v) is 15.5. The molecule has 0 saturated carbocycles. The molecule has 0 spiro atoms. The molecular formula is C76H127NO10. The summed E-state index contributed by atoms with van der Waals surface area (Å²) >= 11 is 0. The standard InChI is InChI=1S/C76H127NO10/c1-4-7-10-13-16-19-22-25-27-29-31-32-33-34-35-36-37-38-39-41-43-46-49-52-55-58-61-64-71(81)87-74-73(83)72(82)70(65-78)86-76(74)85-66-67(68(79)62-59-56-53-50-47-44-24-21-18-15-12-9-6-3)77-75(84)69(80)63-60-57-54-51-48-45-42-40-30-28-26-23-20-17-14-11-8-5-2/h8,11,16-17,19-20,25-28,31-32,34-35,40,42,48,51,57,59-60,62,67-70,72-74,76,78-80,82-83H,4-7,9-10,12-15,18,21-24,29-30,33,36-39,41,43-47,49-50,52-56,58,61,63-66H2,1-3H3,(H,77,84)/b11-8-,19-16-,20-17-,27-25-,28-26-,32-31-,35-34-,42-40-,51-48-,60-57-,62-59+. The molecule has 0 radical (unpaired) electrons. The first-order valence-electron chi connectivity index (χ1n) is 35.0. The van der Waals surface area contributed by atoms with E-state index in [0.29, 0.717) is 12.8 Å². The number of carbonyl (C=O) groups is 2. The Bertz CT molecular complexity index is 1930. The highest BCUT2D eigenvalue weighted by Gasteiger charge is 2.47. The smallest absolute Gasteiger partial charge is 0.306 e. The van der Waals surface area contributed by atoms with Crippen molar-refractivity contribution in [1.29, 1.82) is 0 Å². The van der Waals surface area contributed by atoms with E-state index < -0.39 is 67.4 Å². The lowest BCUT2D eigenvalue weighted by atomic mass is 9.99. The predicted octanol–water partition coefficient (Wildman–Crippen LogP) is 18.0. The van der Waals surface area contributed by atoms with Crippen LogP contribution in [0.25, 0.3) is 0 Å². The monoisotopic (exact) mass is 1210 g/mol. The first-order chi connectivity index (χ1) is 42.7. The molecule has 1 aliphatic rings. The van der Waals surface area contributed by atoms with E-state index in [1.54, 1.807) is 12.2 Å². The number of nitrogens with one attached hydrogen (secondary N) is 1. The number of rotatable bonds is 58. The molecule has 8 unspecified atom stereocenters. The maximum Gasteiger partial charge on any atom is 0.306 e. The molecular weight excluding hydrogens is 1090 g/mol. The zero-order chi connectivity index (χ0) is 63.1. The summed E-state index contributed by atoms with van der Waals surface area (Å²) in [6.07, 6.45) is 77.9. The van der Waals surface area contributed by atoms with Crippen LogP contribution in [0.5, 0.6) is 0 Å². The summed E-state index contributed by atoms with van der Waals surface area (Å²) in [6.45, 7) is 5.61. The van der Waals surface area contributed by atoms with E-state index in [1.165, 1.54) is 116 Å². The van der Waals surface area contributed by atoms with Crippen molar-refractivity contribution in [3.63, 3.8) is 0 Å². The van der Waals surface area contributed by atoms with Gasteiger partial charge in [0.1, 0.15) is 24.4 Å². The summed E-state index contributed by atoms with van der Waals surface area (Å²) in [5, 5.41) is 57.1. The van der Waals surface area contributed by atoms with E-state index in [9.17, 15) is 35.1 Å². The van der Waals surface area contributed by atoms with Crippen molar-refractivity contribution in [2.24, 2.45) is 0 Å². The van der Waals surface area contributed by atoms with Crippen LogP contribution in [-0.2, 0) is 23.8 Å². The van der Waals surface area contributed by atoms with Crippen LogP contribution in [0.3, 0.4) is 0 Å². The van der Waals surface area contributed by atoms with Gasteiger partial charge in [0.2, 0.25) is 5.91 Å². The Morgan fingerprint density at radius 3 is 1.26 bits per heavy atom. The van der Waals surface area contributed by atoms with Gasteiger partial charge in [0.05, 0.1) is 25.4 Å². The summed E-state index contributed by atoms with van der Waals surface area (Å²) < 4.78 is 17.6. The highest BCUT2D eigenvalue weighted by molar-refractivity contribution is 5.81. The van der Waals surface area contributed by atoms with Crippen LogP contribution >= 0.6 is 0 Å². The van der Waals surface area contributed by atoms with E-state index in [0.717, 1.165) is 109 Å². The number of hydrogen-bond acceptors (Lipinski definition) is 10. The van der Waals surface area contributed by atoms with Gasteiger partial charge in [-0.05, 0) is 103 Å².